The topological polar surface area (TPSA) is 42.2 Å². The summed E-state index contributed by atoms with van der Waals surface area (Å²) in [4.78, 5) is 11.5. The smallest absolute Gasteiger partial charge is 0.148 e. The minimum atomic E-state index is 0.565. The highest BCUT2D eigenvalue weighted by atomic mass is 16.3. The molecule has 1 aromatic carbocycles. The largest absolute Gasteiger partial charge is 0.467 e. The van der Waals surface area contributed by atoms with Crippen molar-refractivity contribution >= 4 is 16.9 Å². The third-order valence-corrected chi connectivity index (χ3v) is 3.62. The Morgan fingerprint density at radius 2 is 1.95 bits per heavy atom. The van der Waals surface area contributed by atoms with Crippen LogP contribution in [0.5, 0.6) is 0 Å². The molecule has 1 aliphatic rings. The van der Waals surface area contributed by atoms with Crippen LogP contribution in [-0.4, -0.2) is 16.0 Å². The van der Waals surface area contributed by atoms with Crippen molar-refractivity contribution < 1.29 is 4.42 Å². The zero-order chi connectivity index (χ0) is 13.4. The monoisotopic (exact) mass is 265 g/mol. The Morgan fingerprint density at radius 1 is 1.10 bits per heavy atom. The first-order chi connectivity index (χ1) is 9.90. The molecule has 0 aliphatic heterocycles. The summed E-state index contributed by atoms with van der Waals surface area (Å²) in [5.74, 6) is 1.90. The molecule has 3 aromatic rings. The molecule has 4 rings (SSSR count). The molecule has 100 valence electrons. The van der Waals surface area contributed by atoms with Gasteiger partial charge in [-0.1, -0.05) is 12.1 Å². The SMILES string of the molecule is c1coc(CN(c2cnc3ccccc3n2)C2CC2)c1. The highest BCUT2D eigenvalue weighted by Crippen LogP contribution is 2.32. The van der Waals surface area contributed by atoms with Gasteiger partial charge < -0.3 is 9.32 Å². The standard InChI is InChI=1S/C16H15N3O/c1-2-6-15-14(5-1)17-10-16(18-15)19(12-7-8-12)11-13-4-3-9-20-13/h1-6,9-10,12H,7-8,11H2. The number of anilines is 1. The van der Waals surface area contributed by atoms with Crippen molar-refractivity contribution in [2.75, 3.05) is 4.90 Å². The number of para-hydroxylation sites is 2. The first-order valence-electron chi connectivity index (χ1n) is 6.91. The molecular weight excluding hydrogens is 250 g/mol. The Labute approximate surface area is 117 Å². The molecule has 4 heteroatoms. The highest BCUT2D eigenvalue weighted by Gasteiger charge is 2.30. The second-order valence-corrected chi connectivity index (χ2v) is 5.16. The lowest BCUT2D eigenvalue weighted by atomic mass is 10.3. The summed E-state index contributed by atoms with van der Waals surface area (Å²) in [6, 6.07) is 12.5. The van der Waals surface area contributed by atoms with Gasteiger partial charge in [-0.05, 0) is 37.1 Å². The summed E-state index contributed by atoms with van der Waals surface area (Å²) in [6.45, 7) is 0.755. The van der Waals surface area contributed by atoms with E-state index in [1.54, 1.807) is 6.26 Å². The lowest BCUT2D eigenvalue weighted by molar-refractivity contribution is 0.500. The molecule has 0 saturated heterocycles. The Kier molecular flexibility index (Phi) is 2.66. The fourth-order valence-electron chi connectivity index (χ4n) is 2.44. The number of fused-ring (bicyclic) bond motifs is 1. The van der Waals surface area contributed by atoms with E-state index in [2.05, 4.69) is 9.88 Å². The van der Waals surface area contributed by atoms with Crippen molar-refractivity contribution in [3.05, 3.63) is 54.6 Å². The summed E-state index contributed by atoms with van der Waals surface area (Å²) < 4.78 is 5.46. The molecule has 0 amide bonds. The molecule has 0 spiro atoms. The number of furan rings is 1. The maximum absolute atomic E-state index is 5.46. The van der Waals surface area contributed by atoms with Gasteiger partial charge in [0.05, 0.1) is 30.0 Å². The van der Waals surface area contributed by atoms with Crippen LogP contribution in [0.3, 0.4) is 0 Å². The van der Waals surface area contributed by atoms with E-state index in [-0.39, 0.29) is 0 Å². The summed E-state index contributed by atoms with van der Waals surface area (Å²) in [5, 5.41) is 0. The molecule has 0 unspecified atom stereocenters. The van der Waals surface area contributed by atoms with Crippen LogP contribution in [0.4, 0.5) is 5.82 Å². The molecule has 0 bridgehead atoms. The van der Waals surface area contributed by atoms with Crippen LogP contribution < -0.4 is 4.90 Å². The average molecular weight is 265 g/mol. The van der Waals surface area contributed by atoms with E-state index in [0.717, 1.165) is 29.2 Å². The van der Waals surface area contributed by atoms with Gasteiger partial charge in [0.2, 0.25) is 0 Å². The van der Waals surface area contributed by atoms with Gasteiger partial charge in [0.25, 0.3) is 0 Å². The van der Waals surface area contributed by atoms with Gasteiger partial charge in [-0.15, -0.1) is 0 Å². The Morgan fingerprint density at radius 3 is 2.70 bits per heavy atom. The van der Waals surface area contributed by atoms with Gasteiger partial charge in [0.15, 0.2) is 0 Å². The lowest BCUT2D eigenvalue weighted by Gasteiger charge is -2.22. The zero-order valence-electron chi connectivity index (χ0n) is 11.1. The fourth-order valence-corrected chi connectivity index (χ4v) is 2.44. The van der Waals surface area contributed by atoms with Crippen LogP contribution in [0.1, 0.15) is 18.6 Å². The van der Waals surface area contributed by atoms with E-state index in [1.807, 2.05) is 42.6 Å². The molecule has 0 radical (unpaired) electrons. The average Bonchev–Trinajstić information content (AvgIpc) is 3.21. The lowest BCUT2D eigenvalue weighted by Crippen LogP contribution is -2.25. The third kappa shape index (κ3) is 2.13. The molecular formula is C16H15N3O. The van der Waals surface area contributed by atoms with Gasteiger partial charge in [0.1, 0.15) is 11.6 Å². The third-order valence-electron chi connectivity index (χ3n) is 3.62. The molecule has 1 aliphatic carbocycles. The zero-order valence-corrected chi connectivity index (χ0v) is 11.1. The number of hydrogen-bond donors (Lipinski definition) is 0. The fraction of sp³-hybridized carbons (Fsp3) is 0.250. The van der Waals surface area contributed by atoms with Crippen molar-refractivity contribution in [1.29, 1.82) is 0 Å². The summed E-state index contributed by atoms with van der Waals surface area (Å²) in [6.07, 6.45) is 6.01. The van der Waals surface area contributed by atoms with Crippen LogP contribution in [0.2, 0.25) is 0 Å². The van der Waals surface area contributed by atoms with E-state index >= 15 is 0 Å². The van der Waals surface area contributed by atoms with Crippen LogP contribution in [0, 0.1) is 0 Å². The van der Waals surface area contributed by atoms with Crippen molar-refractivity contribution in [3.63, 3.8) is 0 Å². The van der Waals surface area contributed by atoms with Gasteiger partial charge >= 0.3 is 0 Å². The normalized spacial score (nSPS) is 14.6. The van der Waals surface area contributed by atoms with Crippen molar-refractivity contribution in [2.24, 2.45) is 0 Å². The number of rotatable bonds is 4. The maximum Gasteiger partial charge on any atom is 0.148 e. The van der Waals surface area contributed by atoms with Gasteiger partial charge in [-0.25, -0.2) is 4.98 Å². The number of benzene rings is 1. The number of aromatic nitrogens is 2. The Balaban J connectivity index is 1.70. The molecule has 2 aromatic heterocycles. The van der Waals surface area contributed by atoms with E-state index in [4.69, 9.17) is 9.40 Å². The van der Waals surface area contributed by atoms with Gasteiger partial charge in [-0.3, -0.25) is 4.98 Å². The minimum absolute atomic E-state index is 0.565. The number of hydrogen-bond acceptors (Lipinski definition) is 4. The van der Waals surface area contributed by atoms with Crippen LogP contribution in [-0.2, 0) is 6.54 Å². The molecule has 0 N–H and O–H groups in total. The van der Waals surface area contributed by atoms with Crippen LogP contribution in [0.25, 0.3) is 11.0 Å². The van der Waals surface area contributed by atoms with Crippen molar-refractivity contribution in [2.45, 2.75) is 25.4 Å². The van der Waals surface area contributed by atoms with E-state index in [9.17, 15) is 0 Å². The summed E-state index contributed by atoms with van der Waals surface area (Å²) in [7, 11) is 0. The predicted molar refractivity (Wildman–Crippen MR) is 77.5 cm³/mol. The van der Waals surface area contributed by atoms with Crippen LogP contribution >= 0.6 is 0 Å². The second-order valence-electron chi connectivity index (χ2n) is 5.16. The molecule has 2 heterocycles. The minimum Gasteiger partial charge on any atom is -0.467 e. The molecule has 20 heavy (non-hydrogen) atoms. The van der Waals surface area contributed by atoms with Gasteiger partial charge in [-0.2, -0.15) is 0 Å². The van der Waals surface area contributed by atoms with E-state index in [0.29, 0.717) is 6.04 Å². The quantitative estimate of drug-likeness (QED) is 0.725. The Bertz CT molecular complexity index is 719. The second kappa shape index (κ2) is 4.63. The summed E-state index contributed by atoms with van der Waals surface area (Å²) in [5.41, 5.74) is 1.88. The summed E-state index contributed by atoms with van der Waals surface area (Å²) >= 11 is 0. The Hall–Kier alpha value is -2.36. The highest BCUT2D eigenvalue weighted by molar-refractivity contribution is 5.75. The first-order valence-corrected chi connectivity index (χ1v) is 6.91. The molecule has 1 fully saturated rings. The number of nitrogens with zero attached hydrogens (tertiary/aromatic N) is 3. The van der Waals surface area contributed by atoms with Crippen LogP contribution in [0.15, 0.2) is 53.3 Å². The van der Waals surface area contributed by atoms with Crippen molar-refractivity contribution in [1.82, 2.24) is 9.97 Å². The van der Waals surface area contributed by atoms with Crippen molar-refractivity contribution in [3.8, 4) is 0 Å². The molecule has 4 nitrogen and oxygen atoms in total. The molecule has 1 saturated carbocycles. The predicted octanol–water partition coefficient (Wildman–Crippen LogP) is 3.39. The maximum atomic E-state index is 5.46. The van der Waals surface area contributed by atoms with E-state index in [1.165, 1.54) is 12.8 Å². The molecule has 0 atom stereocenters. The first kappa shape index (κ1) is 11.5. The van der Waals surface area contributed by atoms with E-state index < -0.39 is 0 Å². The van der Waals surface area contributed by atoms with Gasteiger partial charge in [0, 0.05) is 6.04 Å².